The first kappa shape index (κ1) is 15.4. The molecule has 2 N–H and O–H groups in total. The van der Waals surface area contributed by atoms with Crippen LogP contribution in [0, 0.1) is 0 Å². The maximum absolute atomic E-state index is 12.2. The van der Waals surface area contributed by atoms with Gasteiger partial charge in [-0.05, 0) is 38.0 Å². The predicted molar refractivity (Wildman–Crippen MR) is 71.0 cm³/mol. The van der Waals surface area contributed by atoms with E-state index < -0.39 is 5.76 Å². The maximum atomic E-state index is 12.2. The van der Waals surface area contributed by atoms with Gasteiger partial charge in [0.25, 0.3) is 5.76 Å². The second-order valence-corrected chi connectivity index (χ2v) is 5.31. The Morgan fingerprint density at radius 1 is 1.22 bits per heavy atom. The third-order valence-corrected chi connectivity index (χ3v) is 3.42. The number of halogens is 2. The van der Waals surface area contributed by atoms with E-state index in [2.05, 4.69) is 5.32 Å². The fraction of sp³-hybridized carbons (Fsp3) is 0.538. The molecule has 0 aliphatic heterocycles. The highest BCUT2D eigenvalue weighted by Crippen LogP contribution is 2.26. The van der Waals surface area contributed by atoms with Crippen molar-refractivity contribution in [3.63, 3.8) is 0 Å². The Balaban J connectivity index is 2.55. The molecule has 0 aliphatic rings. The van der Waals surface area contributed by atoms with E-state index in [1.54, 1.807) is 12.1 Å². The zero-order valence-corrected chi connectivity index (χ0v) is 11.4. The number of hydrogen-bond acceptors (Lipinski definition) is 3. The van der Waals surface area contributed by atoms with Gasteiger partial charge in [0.05, 0.1) is 0 Å². The van der Waals surface area contributed by atoms with Gasteiger partial charge in [0, 0.05) is 23.6 Å². The molecule has 0 saturated heterocycles. The zero-order chi connectivity index (χ0) is 13.5. The molecule has 0 amide bonds. The van der Waals surface area contributed by atoms with Crippen LogP contribution < -0.4 is 5.32 Å². The summed E-state index contributed by atoms with van der Waals surface area (Å²) in [7, 11) is 0. The molecule has 1 unspecified atom stereocenters. The minimum absolute atomic E-state index is 0.136. The molecule has 18 heavy (non-hydrogen) atoms. The third-order valence-electron chi connectivity index (χ3n) is 2.70. The average molecular weight is 275 g/mol. The van der Waals surface area contributed by atoms with E-state index in [9.17, 15) is 8.78 Å². The van der Waals surface area contributed by atoms with E-state index >= 15 is 0 Å². The molecule has 1 rings (SSSR count). The van der Waals surface area contributed by atoms with Crippen LogP contribution in [0.5, 0.6) is 0 Å². The Bertz CT molecular complexity index is 345. The van der Waals surface area contributed by atoms with Gasteiger partial charge >= 0.3 is 0 Å². The highest BCUT2D eigenvalue weighted by Gasteiger charge is 2.10. The van der Waals surface area contributed by atoms with E-state index in [0.717, 1.165) is 5.56 Å². The minimum Gasteiger partial charge on any atom is -0.396 e. The summed E-state index contributed by atoms with van der Waals surface area (Å²) in [5.74, 6) is -2.38. The van der Waals surface area contributed by atoms with Crippen LogP contribution in [0.1, 0.15) is 31.9 Å². The van der Waals surface area contributed by atoms with Gasteiger partial charge in [0.15, 0.2) is 0 Å². The Labute approximate surface area is 111 Å². The van der Waals surface area contributed by atoms with Crippen molar-refractivity contribution in [2.24, 2.45) is 0 Å². The van der Waals surface area contributed by atoms with Crippen molar-refractivity contribution in [1.29, 1.82) is 0 Å². The lowest BCUT2D eigenvalue weighted by Crippen LogP contribution is -2.29. The van der Waals surface area contributed by atoms with E-state index in [1.807, 2.05) is 26.0 Å². The maximum Gasteiger partial charge on any atom is 0.288 e. The molecule has 0 fully saturated rings. The summed E-state index contributed by atoms with van der Waals surface area (Å²) < 4.78 is 24.3. The molecular formula is C13H19F2NOS. The largest absolute Gasteiger partial charge is 0.396 e. The van der Waals surface area contributed by atoms with Gasteiger partial charge in [0.2, 0.25) is 0 Å². The van der Waals surface area contributed by atoms with Gasteiger partial charge in [-0.1, -0.05) is 23.9 Å². The number of aliphatic hydroxyl groups excluding tert-OH is 1. The molecule has 0 bridgehead atoms. The van der Waals surface area contributed by atoms with Crippen LogP contribution in [0.25, 0.3) is 0 Å². The van der Waals surface area contributed by atoms with Gasteiger partial charge < -0.3 is 10.4 Å². The van der Waals surface area contributed by atoms with Crippen LogP contribution in [0.3, 0.4) is 0 Å². The van der Waals surface area contributed by atoms with Gasteiger partial charge in [-0.2, -0.15) is 8.78 Å². The summed E-state index contributed by atoms with van der Waals surface area (Å²) in [6.45, 7) is 4.18. The van der Waals surface area contributed by atoms with Gasteiger partial charge in [-0.3, -0.25) is 0 Å². The summed E-state index contributed by atoms with van der Waals surface area (Å²) in [4.78, 5) is 0.573. The molecule has 2 nitrogen and oxygen atoms in total. The minimum atomic E-state index is -2.38. The van der Waals surface area contributed by atoms with Crippen molar-refractivity contribution < 1.29 is 13.9 Å². The summed E-state index contributed by atoms with van der Waals surface area (Å²) in [5.41, 5.74) is 1.05. The predicted octanol–water partition coefficient (Wildman–Crippen LogP) is 3.42. The van der Waals surface area contributed by atoms with Crippen molar-refractivity contribution in [2.45, 2.75) is 43.0 Å². The lowest BCUT2D eigenvalue weighted by molar-refractivity contribution is 0.252. The highest BCUT2D eigenvalue weighted by molar-refractivity contribution is 7.99. The molecule has 0 spiro atoms. The standard InChI is InChI=1S/C13H19F2NOS/c1-9(7-8-17)16-10(2)11-3-5-12(6-4-11)18-13(14)15/h3-6,9-10,13,16-17H,7-8H2,1-2H3/t9-,10?/m1/s1. The van der Waals surface area contributed by atoms with E-state index in [-0.39, 0.29) is 18.7 Å². The van der Waals surface area contributed by atoms with Crippen molar-refractivity contribution in [3.8, 4) is 0 Å². The summed E-state index contributed by atoms with van der Waals surface area (Å²) in [6, 6.07) is 7.49. The fourth-order valence-electron chi connectivity index (χ4n) is 1.74. The molecule has 0 radical (unpaired) electrons. The average Bonchev–Trinajstić information content (AvgIpc) is 2.29. The smallest absolute Gasteiger partial charge is 0.288 e. The van der Waals surface area contributed by atoms with Crippen LogP contribution >= 0.6 is 11.8 Å². The van der Waals surface area contributed by atoms with Crippen molar-refractivity contribution >= 4 is 11.8 Å². The fourth-order valence-corrected chi connectivity index (χ4v) is 2.24. The SMILES string of the molecule is CC(N[C@H](C)CCO)c1ccc(SC(F)F)cc1. The lowest BCUT2D eigenvalue weighted by Gasteiger charge is -2.19. The monoisotopic (exact) mass is 275 g/mol. The number of alkyl halides is 2. The van der Waals surface area contributed by atoms with E-state index in [0.29, 0.717) is 23.1 Å². The van der Waals surface area contributed by atoms with Crippen LogP contribution in [0.2, 0.25) is 0 Å². The number of rotatable bonds is 7. The van der Waals surface area contributed by atoms with Crippen LogP contribution in [0.4, 0.5) is 8.78 Å². The molecule has 0 heterocycles. The van der Waals surface area contributed by atoms with Crippen LogP contribution in [-0.2, 0) is 0 Å². The number of thioether (sulfide) groups is 1. The Morgan fingerprint density at radius 3 is 2.33 bits per heavy atom. The van der Waals surface area contributed by atoms with Gasteiger partial charge in [-0.25, -0.2) is 0 Å². The van der Waals surface area contributed by atoms with Crippen molar-refractivity contribution in [3.05, 3.63) is 29.8 Å². The van der Waals surface area contributed by atoms with E-state index in [4.69, 9.17) is 5.11 Å². The molecule has 0 aliphatic carbocycles. The molecular weight excluding hydrogens is 256 g/mol. The number of aliphatic hydroxyl groups is 1. The molecule has 0 saturated carbocycles. The van der Waals surface area contributed by atoms with Gasteiger partial charge in [-0.15, -0.1) is 0 Å². The normalized spacial score (nSPS) is 14.8. The van der Waals surface area contributed by atoms with Crippen molar-refractivity contribution in [2.75, 3.05) is 6.61 Å². The molecule has 1 aromatic carbocycles. The first-order valence-corrected chi connectivity index (χ1v) is 6.82. The summed E-state index contributed by atoms with van der Waals surface area (Å²) in [6.07, 6.45) is 0.698. The van der Waals surface area contributed by atoms with E-state index in [1.165, 1.54) is 0 Å². The topological polar surface area (TPSA) is 32.3 Å². The summed E-state index contributed by atoms with van der Waals surface area (Å²) >= 11 is 0.554. The van der Waals surface area contributed by atoms with Crippen molar-refractivity contribution in [1.82, 2.24) is 5.32 Å². The van der Waals surface area contributed by atoms with Crippen LogP contribution in [-0.4, -0.2) is 23.5 Å². The number of hydrogen-bond donors (Lipinski definition) is 2. The first-order chi connectivity index (χ1) is 8.52. The Morgan fingerprint density at radius 2 is 1.83 bits per heavy atom. The number of nitrogens with one attached hydrogen (secondary N) is 1. The molecule has 0 aromatic heterocycles. The quantitative estimate of drug-likeness (QED) is 0.748. The highest BCUT2D eigenvalue weighted by atomic mass is 32.2. The molecule has 102 valence electrons. The second kappa shape index (κ2) is 7.71. The lowest BCUT2D eigenvalue weighted by atomic mass is 10.1. The molecule has 5 heteroatoms. The van der Waals surface area contributed by atoms with Crippen LogP contribution in [0.15, 0.2) is 29.2 Å². The molecule has 1 aromatic rings. The summed E-state index contributed by atoms with van der Waals surface area (Å²) in [5, 5.41) is 12.2. The first-order valence-electron chi connectivity index (χ1n) is 5.94. The van der Waals surface area contributed by atoms with Gasteiger partial charge in [0.1, 0.15) is 0 Å². The second-order valence-electron chi connectivity index (χ2n) is 4.25. The third kappa shape index (κ3) is 5.33. The zero-order valence-electron chi connectivity index (χ0n) is 10.6. The Hall–Kier alpha value is -0.650. The Kier molecular flexibility index (Phi) is 6.60. The molecule has 2 atom stereocenters. The number of benzene rings is 1.